The molecule has 8 N–H and O–H groups in total. The van der Waals surface area contributed by atoms with Crippen molar-refractivity contribution < 1.29 is 63.8 Å². The average molecular weight is 671 g/mol. The van der Waals surface area contributed by atoms with Crippen LogP contribution in [0.3, 0.4) is 0 Å². The van der Waals surface area contributed by atoms with Gasteiger partial charge in [0.1, 0.15) is 47.9 Å². The minimum Gasteiger partial charge on any atom is -0.508 e. The van der Waals surface area contributed by atoms with Crippen molar-refractivity contribution in [1.82, 2.24) is 20.9 Å². The highest BCUT2D eigenvalue weighted by molar-refractivity contribution is 7.98. The maximum atomic E-state index is 13.5. The number of fused-ring (bicyclic) bond motifs is 1. The summed E-state index contributed by atoms with van der Waals surface area (Å²) in [5.74, 6) is -6.69. The highest BCUT2D eigenvalue weighted by Gasteiger charge is 2.44. The number of phenols is 2. The van der Waals surface area contributed by atoms with Gasteiger partial charge in [0.05, 0.1) is 18.3 Å². The number of cyclic esters (lactones) is 1. The zero-order chi connectivity index (χ0) is 34.5. The number of aliphatic carboxylic acids is 1. The molecule has 18 heteroatoms. The number of amides is 4. The number of aliphatic hydroxyl groups is 2. The Kier molecular flexibility index (Phi) is 11.7. The Morgan fingerprint density at radius 1 is 1.20 bits per heavy atom. The lowest BCUT2D eigenvalue weighted by atomic mass is 10.0. The molecule has 0 saturated carbocycles. The fourth-order valence-corrected chi connectivity index (χ4v) is 5.88. The number of phenolic OH excluding ortho intramolecular Hbond substituents is 2. The lowest BCUT2D eigenvalue weighted by Crippen LogP contribution is -2.60. The smallest absolute Gasteiger partial charge is 0.408 e. The fraction of sp³-hybridized carbons (Fsp3) is 0.571. The summed E-state index contributed by atoms with van der Waals surface area (Å²) in [5, 5.41) is 57.5. The molecule has 0 aliphatic carbocycles. The van der Waals surface area contributed by atoms with Crippen molar-refractivity contribution in [3.05, 3.63) is 22.8 Å². The summed E-state index contributed by atoms with van der Waals surface area (Å²) in [5.41, 5.74) is -1.02. The van der Waals surface area contributed by atoms with Gasteiger partial charge in [0.25, 0.3) is 0 Å². The Bertz CT molecular complexity index is 1380. The largest absolute Gasteiger partial charge is 0.508 e. The molecule has 4 amide bonds. The van der Waals surface area contributed by atoms with E-state index in [1.807, 2.05) is 0 Å². The molecule has 1 fully saturated rings. The Morgan fingerprint density at radius 3 is 2.48 bits per heavy atom. The highest BCUT2D eigenvalue weighted by atomic mass is 32.2. The number of benzene rings is 1. The van der Waals surface area contributed by atoms with Gasteiger partial charge in [-0.25, -0.2) is 14.4 Å². The molecule has 0 unspecified atom stereocenters. The molecule has 254 valence electrons. The predicted octanol–water partition coefficient (Wildman–Crippen LogP) is -1.29. The van der Waals surface area contributed by atoms with E-state index < -0.39 is 96.3 Å². The maximum absolute atomic E-state index is 13.5. The molecule has 46 heavy (non-hydrogen) atoms. The van der Waals surface area contributed by atoms with Gasteiger partial charge in [-0.1, -0.05) is 0 Å². The van der Waals surface area contributed by atoms with E-state index in [1.54, 1.807) is 20.8 Å². The SMILES string of the molecule is Cc1c(O)cc(O)c2c1C(=O)OC[C@H](NC(=O)[C@@H]1[C@H](O)CCN1C(=O)[C@H](CO)NC(=O)OC(C)(C)C)C(=O)N[C@H](C(=O)O)CSC2. The van der Waals surface area contributed by atoms with E-state index >= 15 is 0 Å². The van der Waals surface area contributed by atoms with E-state index in [-0.39, 0.29) is 41.2 Å². The number of carboxylic acids is 1. The number of rotatable bonds is 6. The van der Waals surface area contributed by atoms with Crippen molar-refractivity contribution >= 4 is 47.5 Å². The topological polar surface area (TPSA) is 261 Å². The van der Waals surface area contributed by atoms with Gasteiger partial charge in [0.15, 0.2) is 0 Å². The number of nitrogens with one attached hydrogen (secondary N) is 3. The van der Waals surface area contributed by atoms with Gasteiger partial charge in [-0.3, -0.25) is 14.4 Å². The van der Waals surface area contributed by atoms with Crippen molar-refractivity contribution in [2.24, 2.45) is 0 Å². The van der Waals surface area contributed by atoms with Crippen LogP contribution >= 0.6 is 11.8 Å². The van der Waals surface area contributed by atoms with Crippen LogP contribution in [0.1, 0.15) is 48.7 Å². The number of hydrogen-bond donors (Lipinski definition) is 8. The summed E-state index contributed by atoms with van der Waals surface area (Å²) in [4.78, 5) is 78.1. The van der Waals surface area contributed by atoms with Crippen molar-refractivity contribution in [3.63, 3.8) is 0 Å². The first-order valence-corrected chi connectivity index (χ1v) is 15.3. The number of nitrogens with zero attached hydrogens (tertiary/aromatic N) is 1. The van der Waals surface area contributed by atoms with E-state index in [1.165, 1.54) is 6.92 Å². The Morgan fingerprint density at radius 2 is 1.87 bits per heavy atom. The van der Waals surface area contributed by atoms with Crippen LogP contribution in [0.15, 0.2) is 6.07 Å². The second-order valence-corrected chi connectivity index (χ2v) is 12.7. The molecule has 1 saturated heterocycles. The van der Waals surface area contributed by atoms with Crippen molar-refractivity contribution in [1.29, 1.82) is 0 Å². The standard InChI is InChI=1S/C28H38N4O13S/c1-12-18(35)7-19(36)13-10-46-11-16(25(40)41)30-22(37)15(9-44-26(42)20(12)13)29-23(38)21-17(34)5-6-32(21)24(39)14(8-33)31-27(43)45-28(2,3)4/h7,14-17,21,33-36H,5-6,8-11H2,1-4H3,(H,29,38)(H,30,37)(H,31,43)(H,40,41)/t14-,15-,16-,17+,21-/m0/s1. The maximum Gasteiger partial charge on any atom is 0.408 e. The lowest BCUT2D eigenvalue weighted by Gasteiger charge is -2.30. The Hall–Kier alpha value is -4.29. The summed E-state index contributed by atoms with van der Waals surface area (Å²) in [7, 11) is 0. The Labute approximate surface area is 267 Å². The molecule has 3 rings (SSSR count). The van der Waals surface area contributed by atoms with Crippen LogP contribution < -0.4 is 16.0 Å². The molecule has 1 aromatic rings. The molecule has 0 aromatic heterocycles. The molecule has 0 spiro atoms. The number of carbonyl (C=O) groups is 6. The number of hydrogen-bond acceptors (Lipinski definition) is 13. The van der Waals surface area contributed by atoms with Gasteiger partial charge in [0, 0.05) is 35.2 Å². The summed E-state index contributed by atoms with van der Waals surface area (Å²) in [6.45, 7) is 4.25. The number of carboxylic acid groups (broad SMARTS) is 1. The van der Waals surface area contributed by atoms with Crippen LogP contribution in [0.2, 0.25) is 0 Å². The molecule has 1 aromatic carbocycles. The summed E-state index contributed by atoms with van der Waals surface area (Å²) >= 11 is 0.962. The van der Waals surface area contributed by atoms with Crippen LogP contribution in [-0.4, -0.2) is 128 Å². The normalized spacial score (nSPS) is 23.0. The fourth-order valence-electron chi connectivity index (χ4n) is 4.80. The van der Waals surface area contributed by atoms with Gasteiger partial charge in [-0.15, -0.1) is 0 Å². The van der Waals surface area contributed by atoms with Crippen LogP contribution in [0.25, 0.3) is 0 Å². The number of aromatic hydroxyl groups is 2. The van der Waals surface area contributed by atoms with E-state index in [2.05, 4.69) is 16.0 Å². The molecule has 5 atom stereocenters. The van der Waals surface area contributed by atoms with Gasteiger partial charge in [-0.05, 0) is 34.1 Å². The van der Waals surface area contributed by atoms with Gasteiger partial charge < -0.3 is 55.9 Å². The third kappa shape index (κ3) is 8.70. The first-order valence-electron chi connectivity index (χ1n) is 14.2. The number of likely N-dealkylation sites (tertiary alicyclic amines) is 1. The molecule has 0 radical (unpaired) electrons. The summed E-state index contributed by atoms with van der Waals surface area (Å²) in [6, 6.07) is -5.34. The predicted molar refractivity (Wildman–Crippen MR) is 159 cm³/mol. The molecule has 2 aliphatic rings. The minimum atomic E-state index is -1.73. The number of ether oxygens (including phenoxy) is 2. The molecule has 2 heterocycles. The van der Waals surface area contributed by atoms with Gasteiger partial charge in [-0.2, -0.15) is 11.8 Å². The molecular formula is C28H38N4O13S. The number of carbonyl (C=O) groups excluding carboxylic acids is 5. The van der Waals surface area contributed by atoms with Crippen LogP contribution in [0, 0.1) is 6.92 Å². The zero-order valence-corrected chi connectivity index (χ0v) is 26.4. The Balaban J connectivity index is 1.87. The molecular weight excluding hydrogens is 632 g/mol. The van der Waals surface area contributed by atoms with E-state index in [4.69, 9.17) is 9.47 Å². The lowest BCUT2D eigenvalue weighted by molar-refractivity contribution is -0.144. The first kappa shape index (κ1) is 36.2. The molecule has 2 aliphatic heterocycles. The number of esters is 1. The first-order chi connectivity index (χ1) is 21.4. The van der Waals surface area contributed by atoms with Gasteiger partial charge >= 0.3 is 18.0 Å². The molecule has 0 bridgehead atoms. The van der Waals surface area contributed by atoms with E-state index in [0.29, 0.717) is 0 Å². The monoisotopic (exact) mass is 670 g/mol. The number of aliphatic hydroxyl groups excluding tert-OH is 2. The van der Waals surface area contributed by atoms with E-state index in [9.17, 15) is 54.3 Å². The summed E-state index contributed by atoms with van der Waals surface area (Å²) in [6.07, 6.45) is -2.54. The average Bonchev–Trinajstić information content (AvgIpc) is 3.34. The second-order valence-electron chi connectivity index (χ2n) is 11.7. The highest BCUT2D eigenvalue weighted by Crippen LogP contribution is 2.35. The van der Waals surface area contributed by atoms with Gasteiger partial charge in [0.2, 0.25) is 17.7 Å². The molecule has 17 nitrogen and oxygen atoms in total. The zero-order valence-electron chi connectivity index (χ0n) is 25.6. The van der Waals surface area contributed by atoms with Crippen molar-refractivity contribution in [3.8, 4) is 11.5 Å². The minimum absolute atomic E-state index is 0.0527. The third-order valence-electron chi connectivity index (χ3n) is 7.10. The van der Waals surface area contributed by atoms with E-state index in [0.717, 1.165) is 22.7 Å². The number of thioether (sulfide) groups is 1. The summed E-state index contributed by atoms with van der Waals surface area (Å²) < 4.78 is 10.4. The van der Waals surface area contributed by atoms with Crippen LogP contribution in [-0.2, 0) is 34.4 Å². The second kappa shape index (κ2) is 14.9. The van der Waals surface area contributed by atoms with Crippen molar-refractivity contribution in [2.75, 3.05) is 25.5 Å². The van der Waals surface area contributed by atoms with Crippen LogP contribution in [0.5, 0.6) is 11.5 Å². The van der Waals surface area contributed by atoms with Crippen LogP contribution in [0.4, 0.5) is 4.79 Å². The quantitative estimate of drug-likeness (QED) is 0.164. The van der Waals surface area contributed by atoms with Crippen molar-refractivity contribution in [2.45, 2.75) is 75.7 Å². The number of alkyl carbamates (subject to hydrolysis) is 1. The third-order valence-corrected chi connectivity index (χ3v) is 8.16.